The Hall–Kier alpha value is -0.0800. The van der Waals surface area contributed by atoms with Crippen LogP contribution in [0.4, 0.5) is 0 Å². The van der Waals surface area contributed by atoms with Crippen molar-refractivity contribution in [1.82, 2.24) is 0 Å². The summed E-state index contributed by atoms with van der Waals surface area (Å²) in [5.74, 6) is 0. The third-order valence-electron chi connectivity index (χ3n) is 2.09. The lowest BCUT2D eigenvalue weighted by atomic mass is 10.2. The minimum Gasteiger partial charge on any atom is -0.396 e. The second kappa shape index (κ2) is 10.0. The van der Waals surface area contributed by atoms with Crippen molar-refractivity contribution in [3.8, 4) is 0 Å². The molecule has 13 heavy (non-hydrogen) atoms. The van der Waals surface area contributed by atoms with Crippen LogP contribution in [-0.4, -0.2) is 18.3 Å². The molecular weight excluding hydrogens is 164 g/mol. The largest absolute Gasteiger partial charge is 0.396 e. The van der Waals surface area contributed by atoms with E-state index in [1.807, 2.05) is 0 Å². The quantitative estimate of drug-likeness (QED) is 0.562. The Morgan fingerprint density at radius 1 is 1.15 bits per heavy atom. The lowest BCUT2D eigenvalue weighted by molar-refractivity contribution is 0.110. The van der Waals surface area contributed by atoms with E-state index < -0.39 is 0 Å². The van der Waals surface area contributed by atoms with Gasteiger partial charge in [0.1, 0.15) is 0 Å². The number of unbranched alkanes of at least 4 members (excludes halogenated alkanes) is 3. The first-order valence-corrected chi connectivity index (χ1v) is 5.43. The monoisotopic (exact) mass is 187 g/mol. The number of hydrogen-bond donors (Lipinski definition) is 1. The normalized spacial score (nSPS) is 11.1. The summed E-state index contributed by atoms with van der Waals surface area (Å²) in [4.78, 5) is 0. The van der Waals surface area contributed by atoms with Crippen LogP contribution in [0.15, 0.2) is 0 Å². The highest BCUT2D eigenvalue weighted by Crippen LogP contribution is 2.13. The third kappa shape index (κ3) is 8.26. The van der Waals surface area contributed by atoms with Gasteiger partial charge in [-0.2, -0.15) is 0 Å². The Morgan fingerprint density at radius 2 is 1.92 bits per heavy atom. The van der Waals surface area contributed by atoms with Crippen molar-refractivity contribution in [3.05, 3.63) is 6.10 Å². The Morgan fingerprint density at radius 3 is 2.46 bits per heavy atom. The molecule has 0 rings (SSSR count). The fourth-order valence-corrected chi connectivity index (χ4v) is 1.22. The molecule has 0 unspecified atom stereocenters. The summed E-state index contributed by atoms with van der Waals surface area (Å²) in [5.41, 5.74) is 0. The molecule has 0 aromatic carbocycles. The first-order chi connectivity index (χ1) is 6.35. The van der Waals surface area contributed by atoms with Gasteiger partial charge in [0.15, 0.2) is 0 Å². The van der Waals surface area contributed by atoms with E-state index in [2.05, 4.69) is 13.8 Å². The van der Waals surface area contributed by atoms with Crippen LogP contribution in [0.1, 0.15) is 52.4 Å². The lowest BCUT2D eigenvalue weighted by Crippen LogP contribution is -2.05. The van der Waals surface area contributed by atoms with Crippen LogP contribution >= 0.6 is 0 Å². The molecule has 0 atom stereocenters. The molecule has 0 aromatic rings. The molecule has 0 aliphatic carbocycles. The molecule has 2 nitrogen and oxygen atoms in total. The Bertz CT molecular complexity index is 94.1. The molecule has 2 heteroatoms. The fourth-order valence-electron chi connectivity index (χ4n) is 1.22. The van der Waals surface area contributed by atoms with Gasteiger partial charge in [-0.1, -0.05) is 33.1 Å². The van der Waals surface area contributed by atoms with Crippen LogP contribution in [0.3, 0.4) is 0 Å². The SMILES string of the molecule is CCCCCCO[C](CC)CCO. The Kier molecular flexibility index (Phi) is 9.94. The molecule has 0 aliphatic heterocycles. The van der Waals surface area contributed by atoms with E-state index in [9.17, 15) is 0 Å². The topological polar surface area (TPSA) is 29.5 Å². The van der Waals surface area contributed by atoms with Crippen molar-refractivity contribution in [3.63, 3.8) is 0 Å². The predicted molar refractivity (Wildman–Crippen MR) is 55.3 cm³/mol. The van der Waals surface area contributed by atoms with Crippen LogP contribution in [-0.2, 0) is 4.74 Å². The van der Waals surface area contributed by atoms with E-state index >= 15 is 0 Å². The van der Waals surface area contributed by atoms with Crippen molar-refractivity contribution in [1.29, 1.82) is 0 Å². The summed E-state index contributed by atoms with van der Waals surface area (Å²) < 4.78 is 5.53. The summed E-state index contributed by atoms with van der Waals surface area (Å²) in [6, 6.07) is 0. The Balaban J connectivity index is 3.17. The van der Waals surface area contributed by atoms with Gasteiger partial charge in [-0.15, -0.1) is 0 Å². The molecule has 79 valence electrons. The van der Waals surface area contributed by atoms with Gasteiger partial charge in [-0.3, -0.25) is 0 Å². The first-order valence-electron chi connectivity index (χ1n) is 5.43. The molecule has 1 N–H and O–H groups in total. The van der Waals surface area contributed by atoms with E-state index in [4.69, 9.17) is 9.84 Å². The Labute approximate surface area is 82.3 Å². The fraction of sp³-hybridized carbons (Fsp3) is 0.909. The van der Waals surface area contributed by atoms with Crippen molar-refractivity contribution in [2.24, 2.45) is 0 Å². The maximum Gasteiger partial charge on any atom is 0.0990 e. The van der Waals surface area contributed by atoms with Gasteiger partial charge in [0.05, 0.1) is 6.10 Å². The van der Waals surface area contributed by atoms with E-state index in [1.54, 1.807) is 0 Å². The maximum atomic E-state index is 8.71. The second-order valence-electron chi connectivity index (χ2n) is 3.27. The zero-order valence-electron chi connectivity index (χ0n) is 9.01. The molecular formula is C11H23O2. The van der Waals surface area contributed by atoms with Crippen molar-refractivity contribution in [2.45, 2.75) is 52.4 Å². The lowest BCUT2D eigenvalue weighted by Gasteiger charge is -2.13. The van der Waals surface area contributed by atoms with Crippen LogP contribution in [0, 0.1) is 6.10 Å². The smallest absolute Gasteiger partial charge is 0.0990 e. The average molecular weight is 187 g/mol. The molecule has 0 bridgehead atoms. The highest BCUT2D eigenvalue weighted by atomic mass is 16.5. The van der Waals surface area contributed by atoms with Crippen molar-refractivity contribution >= 4 is 0 Å². The minimum absolute atomic E-state index is 0.206. The molecule has 0 heterocycles. The van der Waals surface area contributed by atoms with E-state index in [0.717, 1.165) is 25.6 Å². The molecule has 1 radical (unpaired) electrons. The van der Waals surface area contributed by atoms with Crippen molar-refractivity contribution in [2.75, 3.05) is 13.2 Å². The van der Waals surface area contributed by atoms with E-state index in [0.29, 0.717) is 6.42 Å². The summed E-state index contributed by atoms with van der Waals surface area (Å²) in [6.45, 7) is 5.30. The van der Waals surface area contributed by atoms with Crippen LogP contribution in [0.2, 0.25) is 0 Å². The molecule has 0 fully saturated rings. The molecule has 0 aromatic heterocycles. The summed E-state index contributed by atoms with van der Waals surface area (Å²) in [5, 5.41) is 8.71. The molecule has 0 spiro atoms. The average Bonchev–Trinajstić information content (AvgIpc) is 2.16. The highest BCUT2D eigenvalue weighted by molar-refractivity contribution is 4.75. The zero-order chi connectivity index (χ0) is 9.94. The number of aliphatic hydroxyl groups excluding tert-OH is 1. The number of rotatable bonds is 9. The van der Waals surface area contributed by atoms with E-state index in [1.165, 1.54) is 19.3 Å². The third-order valence-corrected chi connectivity index (χ3v) is 2.09. The summed E-state index contributed by atoms with van der Waals surface area (Å²) >= 11 is 0. The predicted octanol–water partition coefficient (Wildman–Crippen LogP) is 2.91. The minimum atomic E-state index is 0.206. The molecule has 0 amide bonds. The number of ether oxygens (including phenoxy) is 1. The molecule has 0 aliphatic rings. The van der Waals surface area contributed by atoms with Gasteiger partial charge in [-0.05, 0) is 12.8 Å². The van der Waals surface area contributed by atoms with Gasteiger partial charge >= 0.3 is 0 Å². The van der Waals surface area contributed by atoms with Gasteiger partial charge in [0.25, 0.3) is 0 Å². The summed E-state index contributed by atoms with van der Waals surface area (Å²) in [7, 11) is 0. The molecule has 0 saturated heterocycles. The van der Waals surface area contributed by atoms with Gasteiger partial charge in [0.2, 0.25) is 0 Å². The second-order valence-corrected chi connectivity index (χ2v) is 3.27. The standard InChI is InChI=1S/C11H23O2/c1-3-5-6-7-10-13-11(4-2)8-9-12/h12H,3-10H2,1-2H3. The van der Waals surface area contributed by atoms with Crippen LogP contribution in [0.25, 0.3) is 0 Å². The van der Waals surface area contributed by atoms with Gasteiger partial charge in [0, 0.05) is 19.6 Å². The maximum absolute atomic E-state index is 8.71. The highest BCUT2D eigenvalue weighted by Gasteiger charge is 2.05. The van der Waals surface area contributed by atoms with Crippen LogP contribution < -0.4 is 0 Å². The summed E-state index contributed by atoms with van der Waals surface area (Å²) in [6.07, 6.45) is 7.62. The van der Waals surface area contributed by atoms with Gasteiger partial charge in [-0.25, -0.2) is 0 Å². The zero-order valence-corrected chi connectivity index (χ0v) is 9.01. The van der Waals surface area contributed by atoms with Crippen molar-refractivity contribution < 1.29 is 9.84 Å². The van der Waals surface area contributed by atoms with E-state index in [-0.39, 0.29) is 6.61 Å². The molecule has 0 saturated carbocycles. The van der Waals surface area contributed by atoms with Gasteiger partial charge < -0.3 is 9.84 Å². The first kappa shape index (κ1) is 12.9. The number of hydrogen-bond acceptors (Lipinski definition) is 2. The number of aliphatic hydroxyl groups is 1. The van der Waals surface area contributed by atoms with Crippen LogP contribution in [0.5, 0.6) is 0 Å².